The van der Waals surface area contributed by atoms with E-state index in [0.717, 1.165) is 22.4 Å². The third-order valence-electron chi connectivity index (χ3n) is 3.14. The highest BCUT2D eigenvalue weighted by Crippen LogP contribution is 2.20. The number of hydrogen-bond acceptors (Lipinski definition) is 2. The molecule has 2 rings (SSSR count). The molecule has 0 aliphatic rings. The van der Waals surface area contributed by atoms with Crippen LogP contribution in [0.1, 0.15) is 23.6 Å². The summed E-state index contributed by atoms with van der Waals surface area (Å²) in [7, 11) is -1.09. The number of nitrogens with two attached hydrogens (primary N) is 1. The smallest absolute Gasteiger partial charge is 0.0623 e. The van der Waals surface area contributed by atoms with E-state index in [0.29, 0.717) is 11.4 Å². The van der Waals surface area contributed by atoms with Crippen LogP contribution in [0.2, 0.25) is 0 Å². The summed E-state index contributed by atoms with van der Waals surface area (Å²) in [5.74, 6) is 0.512. The van der Waals surface area contributed by atoms with E-state index in [-0.39, 0.29) is 0 Å². The predicted octanol–water partition coefficient (Wildman–Crippen LogP) is 3.45. The van der Waals surface area contributed by atoms with Gasteiger partial charge in [-0.25, -0.2) is 0 Å². The van der Waals surface area contributed by atoms with Crippen LogP contribution in [0.4, 0.5) is 5.69 Å². The van der Waals surface area contributed by atoms with Gasteiger partial charge in [-0.2, -0.15) is 0 Å². The van der Waals surface area contributed by atoms with Gasteiger partial charge in [0.2, 0.25) is 0 Å². The first-order chi connectivity index (χ1) is 9.10. The SMILES string of the molecule is CCc1ccc(CS(=O)c2cc(C)ccc2N)cc1. The van der Waals surface area contributed by atoms with E-state index in [2.05, 4.69) is 19.1 Å². The molecule has 0 spiro atoms. The van der Waals surface area contributed by atoms with Gasteiger partial charge in [0.1, 0.15) is 0 Å². The van der Waals surface area contributed by atoms with Gasteiger partial charge >= 0.3 is 0 Å². The molecule has 0 aliphatic heterocycles. The van der Waals surface area contributed by atoms with E-state index in [1.807, 2.05) is 37.3 Å². The Hall–Kier alpha value is -1.61. The van der Waals surface area contributed by atoms with Crippen LogP contribution in [0.5, 0.6) is 0 Å². The quantitative estimate of drug-likeness (QED) is 0.867. The molecule has 0 saturated carbocycles. The molecular formula is C16H19NOS. The maximum absolute atomic E-state index is 12.4. The summed E-state index contributed by atoms with van der Waals surface area (Å²) in [5, 5.41) is 0. The number of hydrogen-bond donors (Lipinski definition) is 1. The highest BCUT2D eigenvalue weighted by molar-refractivity contribution is 7.84. The van der Waals surface area contributed by atoms with Gasteiger partial charge in [-0.05, 0) is 42.2 Å². The molecule has 2 N–H and O–H groups in total. The Morgan fingerprint density at radius 3 is 2.32 bits per heavy atom. The first-order valence-electron chi connectivity index (χ1n) is 6.42. The fraction of sp³-hybridized carbons (Fsp3) is 0.250. The third-order valence-corrected chi connectivity index (χ3v) is 4.58. The van der Waals surface area contributed by atoms with Gasteiger partial charge in [-0.1, -0.05) is 37.3 Å². The molecule has 0 bridgehead atoms. The minimum Gasteiger partial charge on any atom is -0.398 e. The molecule has 1 unspecified atom stereocenters. The highest BCUT2D eigenvalue weighted by Gasteiger charge is 2.09. The standard InChI is InChI=1S/C16H19NOS/c1-3-13-5-7-14(8-6-13)11-19(18)16-10-12(2)4-9-15(16)17/h4-10H,3,11,17H2,1-2H3. The second-order valence-corrected chi connectivity index (χ2v) is 6.12. The average molecular weight is 273 g/mol. The Morgan fingerprint density at radius 1 is 1.05 bits per heavy atom. The first-order valence-corrected chi connectivity index (χ1v) is 7.74. The number of anilines is 1. The van der Waals surface area contributed by atoms with E-state index < -0.39 is 10.8 Å². The zero-order valence-corrected chi connectivity index (χ0v) is 12.2. The van der Waals surface area contributed by atoms with Crippen LogP contribution in [-0.2, 0) is 23.0 Å². The van der Waals surface area contributed by atoms with Crippen molar-refractivity contribution < 1.29 is 4.21 Å². The van der Waals surface area contributed by atoms with E-state index in [4.69, 9.17) is 5.73 Å². The summed E-state index contributed by atoms with van der Waals surface area (Å²) in [5.41, 5.74) is 9.96. The maximum Gasteiger partial charge on any atom is 0.0623 e. The van der Waals surface area contributed by atoms with Crippen molar-refractivity contribution in [1.29, 1.82) is 0 Å². The second-order valence-electron chi connectivity index (χ2n) is 4.70. The fourth-order valence-electron chi connectivity index (χ4n) is 1.94. The first kappa shape index (κ1) is 13.8. The largest absolute Gasteiger partial charge is 0.398 e. The Balaban J connectivity index is 2.18. The molecule has 2 aromatic carbocycles. The average Bonchev–Trinajstić information content (AvgIpc) is 2.42. The molecule has 3 heteroatoms. The molecule has 0 aliphatic carbocycles. The summed E-state index contributed by atoms with van der Waals surface area (Å²) >= 11 is 0. The molecule has 0 fully saturated rings. The lowest BCUT2D eigenvalue weighted by Crippen LogP contribution is -2.01. The van der Waals surface area contributed by atoms with Crippen molar-refractivity contribution in [3.05, 3.63) is 59.2 Å². The molecule has 19 heavy (non-hydrogen) atoms. The summed E-state index contributed by atoms with van der Waals surface area (Å²) in [6, 6.07) is 13.9. The van der Waals surface area contributed by atoms with Gasteiger partial charge in [-0.15, -0.1) is 0 Å². The van der Waals surface area contributed by atoms with Crippen LogP contribution in [0.15, 0.2) is 47.4 Å². The zero-order chi connectivity index (χ0) is 13.8. The van der Waals surface area contributed by atoms with Gasteiger partial charge in [-0.3, -0.25) is 4.21 Å². The van der Waals surface area contributed by atoms with Gasteiger partial charge in [0.25, 0.3) is 0 Å². The monoisotopic (exact) mass is 273 g/mol. The molecule has 2 nitrogen and oxygen atoms in total. The van der Waals surface area contributed by atoms with Crippen LogP contribution in [0, 0.1) is 6.92 Å². The molecule has 0 amide bonds. The molecule has 0 radical (unpaired) electrons. The van der Waals surface area contributed by atoms with Gasteiger partial charge < -0.3 is 5.73 Å². The molecule has 1 atom stereocenters. The van der Waals surface area contributed by atoms with Crippen molar-refractivity contribution in [3.8, 4) is 0 Å². The van der Waals surface area contributed by atoms with Crippen LogP contribution < -0.4 is 5.73 Å². The second kappa shape index (κ2) is 6.02. The minimum atomic E-state index is -1.09. The van der Waals surface area contributed by atoms with Gasteiger partial charge in [0, 0.05) is 5.69 Å². The summed E-state index contributed by atoms with van der Waals surface area (Å²) in [6.45, 7) is 4.11. The summed E-state index contributed by atoms with van der Waals surface area (Å²) in [6.07, 6.45) is 1.02. The van der Waals surface area contributed by atoms with Crippen molar-refractivity contribution in [3.63, 3.8) is 0 Å². The normalized spacial score (nSPS) is 12.3. The number of nitrogen functional groups attached to an aromatic ring is 1. The zero-order valence-electron chi connectivity index (χ0n) is 11.3. The Bertz CT molecular complexity index is 590. The van der Waals surface area contributed by atoms with Crippen molar-refractivity contribution in [1.82, 2.24) is 0 Å². The Kier molecular flexibility index (Phi) is 4.38. The fourth-order valence-corrected chi connectivity index (χ4v) is 3.24. The number of aryl methyl sites for hydroxylation is 2. The lowest BCUT2D eigenvalue weighted by molar-refractivity contribution is 0.683. The van der Waals surface area contributed by atoms with Crippen molar-refractivity contribution in [2.75, 3.05) is 5.73 Å². The van der Waals surface area contributed by atoms with E-state index >= 15 is 0 Å². The van der Waals surface area contributed by atoms with E-state index in [1.165, 1.54) is 5.56 Å². The van der Waals surface area contributed by atoms with E-state index in [9.17, 15) is 4.21 Å². The van der Waals surface area contributed by atoms with Crippen LogP contribution in [-0.4, -0.2) is 4.21 Å². The maximum atomic E-state index is 12.4. The molecule has 2 aromatic rings. The van der Waals surface area contributed by atoms with Gasteiger partial charge in [0.05, 0.1) is 21.4 Å². The molecule has 0 heterocycles. The van der Waals surface area contributed by atoms with E-state index in [1.54, 1.807) is 0 Å². The lowest BCUT2D eigenvalue weighted by Gasteiger charge is -2.07. The number of benzene rings is 2. The minimum absolute atomic E-state index is 0.512. The summed E-state index contributed by atoms with van der Waals surface area (Å²) in [4.78, 5) is 0.736. The predicted molar refractivity (Wildman–Crippen MR) is 81.5 cm³/mol. The Labute approximate surface area is 117 Å². The molecule has 100 valence electrons. The molecule has 0 aromatic heterocycles. The topological polar surface area (TPSA) is 43.1 Å². The van der Waals surface area contributed by atoms with Crippen LogP contribution >= 0.6 is 0 Å². The van der Waals surface area contributed by atoms with Crippen molar-refractivity contribution in [2.24, 2.45) is 0 Å². The lowest BCUT2D eigenvalue weighted by atomic mass is 10.1. The molecular weight excluding hydrogens is 254 g/mol. The van der Waals surface area contributed by atoms with Crippen LogP contribution in [0.3, 0.4) is 0 Å². The van der Waals surface area contributed by atoms with Crippen molar-refractivity contribution in [2.45, 2.75) is 30.9 Å². The number of rotatable bonds is 4. The van der Waals surface area contributed by atoms with Gasteiger partial charge in [0.15, 0.2) is 0 Å². The van der Waals surface area contributed by atoms with Crippen molar-refractivity contribution >= 4 is 16.5 Å². The van der Waals surface area contributed by atoms with Crippen LogP contribution in [0.25, 0.3) is 0 Å². The summed E-state index contributed by atoms with van der Waals surface area (Å²) < 4.78 is 12.4. The molecule has 0 saturated heterocycles. The third kappa shape index (κ3) is 3.44. The highest BCUT2D eigenvalue weighted by atomic mass is 32.2. The Morgan fingerprint density at radius 2 is 1.68 bits per heavy atom.